The van der Waals surface area contributed by atoms with Gasteiger partial charge in [0.15, 0.2) is 0 Å². The summed E-state index contributed by atoms with van der Waals surface area (Å²) < 4.78 is 5.16. The Morgan fingerprint density at radius 1 is 1.20 bits per heavy atom. The molecule has 1 aromatic carbocycles. The van der Waals surface area contributed by atoms with E-state index in [9.17, 15) is 9.59 Å². The van der Waals surface area contributed by atoms with Crippen molar-refractivity contribution in [3.8, 4) is 0 Å². The Balaban J connectivity index is 2.54. The van der Waals surface area contributed by atoms with Crippen LogP contribution < -0.4 is 10.6 Å². The van der Waals surface area contributed by atoms with Gasteiger partial charge in [0.25, 0.3) is 0 Å². The molecule has 2 N–H and O–H groups in total. The zero-order chi connectivity index (χ0) is 15.2. The van der Waals surface area contributed by atoms with Gasteiger partial charge in [-0.2, -0.15) is 0 Å². The second-order valence-electron chi connectivity index (χ2n) is 5.53. The summed E-state index contributed by atoms with van der Waals surface area (Å²) in [6.45, 7) is 5.82. The van der Waals surface area contributed by atoms with Crippen LogP contribution in [0.2, 0.25) is 0 Å². The van der Waals surface area contributed by atoms with E-state index in [0.29, 0.717) is 13.0 Å². The van der Waals surface area contributed by atoms with Gasteiger partial charge in [-0.3, -0.25) is 4.79 Å². The molecule has 0 bridgehead atoms. The largest absolute Gasteiger partial charge is 0.444 e. The van der Waals surface area contributed by atoms with Crippen LogP contribution in [0.1, 0.15) is 31.9 Å². The molecule has 5 nitrogen and oxygen atoms in total. The normalized spacial score (nSPS) is 10.8. The first-order valence-corrected chi connectivity index (χ1v) is 6.55. The lowest BCUT2D eigenvalue weighted by Crippen LogP contribution is -2.32. The number of rotatable bonds is 4. The quantitative estimate of drug-likeness (QED) is 0.885. The van der Waals surface area contributed by atoms with E-state index in [0.717, 1.165) is 11.1 Å². The summed E-state index contributed by atoms with van der Waals surface area (Å²) in [5.41, 5.74) is 1.33. The van der Waals surface area contributed by atoms with Crippen molar-refractivity contribution in [2.45, 2.75) is 39.3 Å². The van der Waals surface area contributed by atoms with Crippen molar-refractivity contribution in [2.75, 3.05) is 7.05 Å². The number of ether oxygens (including phenoxy) is 1. The maximum Gasteiger partial charge on any atom is 0.407 e. The van der Waals surface area contributed by atoms with Gasteiger partial charge in [-0.25, -0.2) is 4.79 Å². The highest BCUT2D eigenvalue weighted by Gasteiger charge is 2.15. The SMILES string of the molecule is CNC(=O)Cc1cccc(CNC(=O)OC(C)(C)C)c1. The first-order chi connectivity index (χ1) is 9.30. The van der Waals surface area contributed by atoms with Gasteiger partial charge < -0.3 is 15.4 Å². The van der Waals surface area contributed by atoms with Crippen LogP contribution >= 0.6 is 0 Å². The number of likely N-dealkylation sites (N-methyl/N-ethyl adjacent to an activating group) is 1. The second kappa shape index (κ2) is 6.93. The minimum atomic E-state index is -0.509. The Morgan fingerprint density at radius 3 is 2.45 bits per heavy atom. The minimum Gasteiger partial charge on any atom is -0.444 e. The van der Waals surface area contributed by atoms with Crippen LogP contribution in [0.4, 0.5) is 4.79 Å². The molecule has 0 aliphatic carbocycles. The Morgan fingerprint density at radius 2 is 1.85 bits per heavy atom. The highest BCUT2D eigenvalue weighted by atomic mass is 16.6. The fraction of sp³-hybridized carbons (Fsp3) is 0.467. The average Bonchev–Trinajstić information content (AvgIpc) is 2.34. The average molecular weight is 278 g/mol. The molecule has 5 heteroatoms. The molecular weight excluding hydrogens is 256 g/mol. The van der Waals surface area contributed by atoms with Gasteiger partial charge >= 0.3 is 6.09 Å². The van der Waals surface area contributed by atoms with E-state index >= 15 is 0 Å². The molecule has 0 saturated heterocycles. The lowest BCUT2D eigenvalue weighted by Gasteiger charge is -2.19. The molecule has 2 amide bonds. The maximum atomic E-state index is 11.5. The van der Waals surface area contributed by atoms with Crippen molar-refractivity contribution in [1.29, 1.82) is 0 Å². The van der Waals surface area contributed by atoms with Crippen LogP contribution in [0, 0.1) is 0 Å². The standard InChI is InChI=1S/C15H22N2O3/c1-15(2,3)20-14(19)17-10-12-7-5-6-11(8-12)9-13(18)16-4/h5-8H,9-10H2,1-4H3,(H,16,18)(H,17,19). The summed E-state index contributed by atoms with van der Waals surface area (Å²) in [7, 11) is 1.61. The lowest BCUT2D eigenvalue weighted by atomic mass is 10.1. The molecule has 20 heavy (non-hydrogen) atoms. The third-order valence-corrected chi connectivity index (χ3v) is 2.47. The van der Waals surface area contributed by atoms with Gasteiger partial charge in [0.2, 0.25) is 5.91 Å². The molecule has 1 rings (SSSR count). The Labute approximate surface area is 119 Å². The third kappa shape index (κ3) is 6.22. The molecular formula is C15H22N2O3. The van der Waals surface area contributed by atoms with Crippen molar-refractivity contribution in [3.63, 3.8) is 0 Å². The topological polar surface area (TPSA) is 67.4 Å². The highest BCUT2D eigenvalue weighted by Crippen LogP contribution is 2.08. The second-order valence-corrected chi connectivity index (χ2v) is 5.53. The molecule has 110 valence electrons. The number of carbonyl (C=O) groups excluding carboxylic acids is 2. The summed E-state index contributed by atoms with van der Waals surface area (Å²) in [6.07, 6.45) is -0.120. The molecule has 0 aliphatic rings. The Hall–Kier alpha value is -2.04. The van der Waals surface area contributed by atoms with E-state index in [-0.39, 0.29) is 5.91 Å². The van der Waals surface area contributed by atoms with Crippen molar-refractivity contribution in [2.24, 2.45) is 0 Å². The minimum absolute atomic E-state index is 0.0396. The maximum absolute atomic E-state index is 11.5. The number of benzene rings is 1. The van der Waals surface area contributed by atoms with Crippen LogP contribution in [0.3, 0.4) is 0 Å². The molecule has 0 atom stereocenters. The van der Waals surface area contributed by atoms with Crippen LogP contribution in [0.5, 0.6) is 0 Å². The smallest absolute Gasteiger partial charge is 0.407 e. The van der Waals surface area contributed by atoms with Gasteiger partial charge in [0, 0.05) is 13.6 Å². The molecule has 0 heterocycles. The van der Waals surface area contributed by atoms with Crippen molar-refractivity contribution >= 4 is 12.0 Å². The molecule has 0 aromatic heterocycles. The number of nitrogens with one attached hydrogen (secondary N) is 2. The molecule has 0 spiro atoms. The van der Waals surface area contributed by atoms with E-state index in [1.807, 2.05) is 45.0 Å². The first kappa shape index (κ1) is 16.0. The summed E-state index contributed by atoms with van der Waals surface area (Å²) in [6, 6.07) is 7.54. The van der Waals surface area contributed by atoms with E-state index in [1.165, 1.54) is 0 Å². The zero-order valence-electron chi connectivity index (χ0n) is 12.4. The van der Waals surface area contributed by atoms with Crippen LogP contribution in [0.15, 0.2) is 24.3 Å². The Kier molecular flexibility index (Phi) is 5.55. The summed E-state index contributed by atoms with van der Waals surface area (Å²) in [5, 5.41) is 5.27. The number of carbonyl (C=O) groups is 2. The van der Waals surface area contributed by atoms with Crippen LogP contribution in [0.25, 0.3) is 0 Å². The highest BCUT2D eigenvalue weighted by molar-refractivity contribution is 5.78. The molecule has 0 saturated carbocycles. The number of hydrogen-bond acceptors (Lipinski definition) is 3. The third-order valence-electron chi connectivity index (χ3n) is 2.47. The summed E-state index contributed by atoms with van der Waals surface area (Å²) in [4.78, 5) is 22.9. The number of hydrogen-bond donors (Lipinski definition) is 2. The molecule has 1 aromatic rings. The van der Waals surface area contributed by atoms with Gasteiger partial charge in [0.1, 0.15) is 5.60 Å². The molecule has 0 unspecified atom stereocenters. The molecule has 0 radical (unpaired) electrons. The van der Waals surface area contributed by atoms with E-state index in [1.54, 1.807) is 7.05 Å². The number of alkyl carbamates (subject to hydrolysis) is 1. The fourth-order valence-electron chi connectivity index (χ4n) is 1.61. The predicted octanol–water partition coefficient (Wildman–Crippen LogP) is 2.00. The molecule has 0 aliphatic heterocycles. The Bertz CT molecular complexity index is 478. The van der Waals surface area contributed by atoms with Gasteiger partial charge in [-0.15, -0.1) is 0 Å². The van der Waals surface area contributed by atoms with E-state index < -0.39 is 11.7 Å². The van der Waals surface area contributed by atoms with Gasteiger partial charge in [-0.05, 0) is 31.9 Å². The van der Waals surface area contributed by atoms with Crippen LogP contribution in [-0.4, -0.2) is 24.6 Å². The number of amides is 2. The molecule has 0 fully saturated rings. The van der Waals surface area contributed by atoms with Gasteiger partial charge in [-0.1, -0.05) is 24.3 Å². The first-order valence-electron chi connectivity index (χ1n) is 6.55. The van der Waals surface area contributed by atoms with Crippen molar-refractivity contribution < 1.29 is 14.3 Å². The summed E-state index contributed by atoms with van der Waals surface area (Å²) >= 11 is 0. The predicted molar refractivity (Wildman–Crippen MR) is 77.3 cm³/mol. The zero-order valence-corrected chi connectivity index (χ0v) is 12.4. The lowest BCUT2D eigenvalue weighted by molar-refractivity contribution is -0.119. The van der Waals surface area contributed by atoms with Crippen molar-refractivity contribution in [3.05, 3.63) is 35.4 Å². The van der Waals surface area contributed by atoms with E-state index in [4.69, 9.17) is 4.74 Å². The van der Waals surface area contributed by atoms with E-state index in [2.05, 4.69) is 10.6 Å². The van der Waals surface area contributed by atoms with Crippen molar-refractivity contribution in [1.82, 2.24) is 10.6 Å². The monoisotopic (exact) mass is 278 g/mol. The van der Waals surface area contributed by atoms with Gasteiger partial charge in [0.05, 0.1) is 6.42 Å². The summed E-state index contributed by atoms with van der Waals surface area (Å²) in [5.74, 6) is -0.0396. The van der Waals surface area contributed by atoms with Crippen LogP contribution in [-0.2, 0) is 22.5 Å². The fourth-order valence-corrected chi connectivity index (χ4v) is 1.61.